The molecule has 0 aliphatic heterocycles. The van der Waals surface area contributed by atoms with E-state index in [0.29, 0.717) is 11.1 Å². The van der Waals surface area contributed by atoms with Crippen molar-refractivity contribution in [3.05, 3.63) is 35.4 Å². The SMILES string of the molecule is CC(=O)c1cccc(C(F)C(C)(C)C)c1. The number of halogens is 1. The molecule has 1 unspecified atom stereocenters. The van der Waals surface area contributed by atoms with Crippen molar-refractivity contribution in [2.45, 2.75) is 33.9 Å². The van der Waals surface area contributed by atoms with Crippen LogP contribution < -0.4 is 0 Å². The van der Waals surface area contributed by atoms with Gasteiger partial charge in [-0.2, -0.15) is 0 Å². The molecule has 0 bridgehead atoms. The maximum absolute atomic E-state index is 14.0. The fourth-order valence-electron chi connectivity index (χ4n) is 1.42. The van der Waals surface area contributed by atoms with Gasteiger partial charge >= 0.3 is 0 Å². The van der Waals surface area contributed by atoms with Gasteiger partial charge < -0.3 is 0 Å². The van der Waals surface area contributed by atoms with E-state index >= 15 is 0 Å². The zero-order valence-corrected chi connectivity index (χ0v) is 9.67. The molecule has 1 aromatic carbocycles. The second-order valence-corrected chi connectivity index (χ2v) is 4.91. The van der Waals surface area contributed by atoms with Gasteiger partial charge in [-0.15, -0.1) is 0 Å². The monoisotopic (exact) mass is 208 g/mol. The maximum Gasteiger partial charge on any atom is 0.159 e. The average Bonchev–Trinajstić information content (AvgIpc) is 2.15. The van der Waals surface area contributed by atoms with Crippen LogP contribution in [-0.4, -0.2) is 5.78 Å². The van der Waals surface area contributed by atoms with Crippen LogP contribution in [0.1, 0.15) is 49.8 Å². The lowest BCUT2D eigenvalue weighted by atomic mass is 9.85. The van der Waals surface area contributed by atoms with Crippen LogP contribution in [0.2, 0.25) is 0 Å². The van der Waals surface area contributed by atoms with E-state index in [4.69, 9.17) is 0 Å². The van der Waals surface area contributed by atoms with Crippen LogP contribution in [0.15, 0.2) is 24.3 Å². The van der Waals surface area contributed by atoms with Gasteiger partial charge in [0.25, 0.3) is 0 Å². The molecule has 0 aliphatic carbocycles. The van der Waals surface area contributed by atoms with Crippen molar-refractivity contribution in [3.63, 3.8) is 0 Å². The number of hydrogen-bond acceptors (Lipinski definition) is 1. The van der Waals surface area contributed by atoms with E-state index in [1.54, 1.807) is 24.3 Å². The Bertz CT molecular complexity index is 363. The summed E-state index contributed by atoms with van der Waals surface area (Å²) in [5.41, 5.74) is 0.713. The first-order valence-corrected chi connectivity index (χ1v) is 5.07. The number of benzene rings is 1. The standard InChI is InChI=1S/C13H17FO/c1-9(15)10-6-5-7-11(8-10)12(14)13(2,3)4/h5-8,12H,1-4H3. The molecule has 0 amide bonds. The van der Waals surface area contributed by atoms with Crippen LogP contribution in [-0.2, 0) is 0 Å². The lowest BCUT2D eigenvalue weighted by Gasteiger charge is -2.24. The number of Topliss-reactive ketones (excluding diaryl/α,β-unsaturated/α-hetero) is 1. The third-order valence-electron chi connectivity index (χ3n) is 2.35. The second-order valence-electron chi connectivity index (χ2n) is 4.91. The molecule has 0 saturated heterocycles. The van der Waals surface area contributed by atoms with E-state index in [2.05, 4.69) is 0 Å². The molecule has 0 aromatic heterocycles. The van der Waals surface area contributed by atoms with E-state index < -0.39 is 11.6 Å². The summed E-state index contributed by atoms with van der Waals surface area (Å²) in [5, 5.41) is 0. The molecule has 1 atom stereocenters. The van der Waals surface area contributed by atoms with Crippen LogP contribution in [0.3, 0.4) is 0 Å². The average molecular weight is 208 g/mol. The first kappa shape index (κ1) is 11.9. The zero-order valence-electron chi connectivity index (χ0n) is 9.67. The summed E-state index contributed by atoms with van der Waals surface area (Å²) in [5.74, 6) is -0.0297. The van der Waals surface area contributed by atoms with Crippen LogP contribution in [0, 0.1) is 5.41 Å². The maximum atomic E-state index is 14.0. The van der Waals surface area contributed by atoms with Crippen LogP contribution in [0.25, 0.3) is 0 Å². The third-order valence-corrected chi connectivity index (χ3v) is 2.35. The predicted molar refractivity (Wildman–Crippen MR) is 59.8 cm³/mol. The molecule has 0 radical (unpaired) electrons. The molecule has 0 fully saturated rings. The third kappa shape index (κ3) is 2.88. The highest BCUT2D eigenvalue weighted by Gasteiger charge is 2.25. The van der Waals surface area contributed by atoms with Gasteiger partial charge in [-0.05, 0) is 24.0 Å². The topological polar surface area (TPSA) is 17.1 Å². The van der Waals surface area contributed by atoms with E-state index in [-0.39, 0.29) is 5.78 Å². The smallest absolute Gasteiger partial charge is 0.159 e. The Morgan fingerprint density at radius 1 is 1.33 bits per heavy atom. The molecule has 2 heteroatoms. The predicted octanol–water partition coefficient (Wildman–Crippen LogP) is 3.95. The summed E-state index contributed by atoms with van der Waals surface area (Å²) in [7, 11) is 0. The highest BCUT2D eigenvalue weighted by atomic mass is 19.1. The van der Waals surface area contributed by atoms with Crippen molar-refractivity contribution in [1.82, 2.24) is 0 Å². The largest absolute Gasteiger partial charge is 0.295 e. The normalized spacial score (nSPS) is 13.7. The van der Waals surface area contributed by atoms with Gasteiger partial charge in [0.1, 0.15) is 6.17 Å². The number of carbonyl (C=O) groups is 1. The van der Waals surface area contributed by atoms with E-state index in [1.165, 1.54) is 6.92 Å². The number of alkyl halides is 1. The van der Waals surface area contributed by atoms with E-state index in [1.807, 2.05) is 20.8 Å². The molecule has 0 N–H and O–H groups in total. The molecule has 1 rings (SSSR count). The van der Waals surface area contributed by atoms with Gasteiger partial charge in [-0.25, -0.2) is 4.39 Å². The minimum absolute atomic E-state index is 0.0297. The number of rotatable bonds is 2. The van der Waals surface area contributed by atoms with Crippen molar-refractivity contribution >= 4 is 5.78 Å². The quantitative estimate of drug-likeness (QED) is 0.673. The molecule has 0 aliphatic rings. The Labute approximate surface area is 90.3 Å². The minimum atomic E-state index is -1.04. The number of hydrogen-bond donors (Lipinski definition) is 0. The van der Waals surface area contributed by atoms with Crippen molar-refractivity contribution < 1.29 is 9.18 Å². The molecule has 1 nitrogen and oxygen atoms in total. The number of carbonyl (C=O) groups excluding carboxylic acids is 1. The fraction of sp³-hybridized carbons (Fsp3) is 0.462. The van der Waals surface area contributed by atoms with Crippen LogP contribution >= 0.6 is 0 Å². The fourth-order valence-corrected chi connectivity index (χ4v) is 1.42. The molecule has 82 valence electrons. The molecule has 0 spiro atoms. The Balaban J connectivity index is 3.06. The summed E-state index contributed by atoms with van der Waals surface area (Å²) in [6, 6.07) is 6.80. The van der Waals surface area contributed by atoms with Crippen molar-refractivity contribution in [2.24, 2.45) is 5.41 Å². The summed E-state index contributed by atoms with van der Waals surface area (Å²) >= 11 is 0. The molecule has 1 aromatic rings. The summed E-state index contributed by atoms with van der Waals surface area (Å²) < 4.78 is 14.0. The highest BCUT2D eigenvalue weighted by Crippen LogP contribution is 2.36. The highest BCUT2D eigenvalue weighted by molar-refractivity contribution is 5.94. The van der Waals surface area contributed by atoms with E-state index in [0.717, 1.165) is 0 Å². The molecule has 15 heavy (non-hydrogen) atoms. The van der Waals surface area contributed by atoms with Crippen molar-refractivity contribution in [1.29, 1.82) is 0 Å². The van der Waals surface area contributed by atoms with Gasteiger partial charge in [-0.3, -0.25) is 4.79 Å². The van der Waals surface area contributed by atoms with Gasteiger partial charge in [0.15, 0.2) is 5.78 Å². The van der Waals surface area contributed by atoms with Crippen molar-refractivity contribution in [2.75, 3.05) is 0 Å². The summed E-state index contributed by atoms with van der Waals surface area (Å²) in [6.07, 6.45) is -1.04. The Morgan fingerprint density at radius 3 is 2.40 bits per heavy atom. The lowest BCUT2D eigenvalue weighted by molar-refractivity contribution is 0.101. The Morgan fingerprint density at radius 2 is 1.93 bits per heavy atom. The first-order chi connectivity index (χ1) is 6.82. The van der Waals surface area contributed by atoms with Gasteiger partial charge in [-0.1, -0.05) is 39.0 Å². The number of ketones is 1. The Hall–Kier alpha value is -1.18. The van der Waals surface area contributed by atoms with E-state index in [9.17, 15) is 9.18 Å². The van der Waals surface area contributed by atoms with Gasteiger partial charge in [0, 0.05) is 5.56 Å². The summed E-state index contributed by atoms with van der Waals surface area (Å²) in [4.78, 5) is 11.1. The molecular formula is C13H17FO. The Kier molecular flexibility index (Phi) is 3.28. The molecular weight excluding hydrogens is 191 g/mol. The summed E-state index contributed by atoms with van der Waals surface area (Å²) in [6.45, 7) is 7.03. The second kappa shape index (κ2) is 4.13. The molecule has 0 saturated carbocycles. The van der Waals surface area contributed by atoms with Crippen LogP contribution in [0.4, 0.5) is 4.39 Å². The minimum Gasteiger partial charge on any atom is -0.295 e. The van der Waals surface area contributed by atoms with Crippen LogP contribution in [0.5, 0.6) is 0 Å². The molecule has 0 heterocycles. The first-order valence-electron chi connectivity index (χ1n) is 5.07. The lowest BCUT2D eigenvalue weighted by Crippen LogP contribution is -2.14. The zero-order chi connectivity index (χ0) is 11.6. The van der Waals surface area contributed by atoms with Gasteiger partial charge in [0.05, 0.1) is 0 Å². The van der Waals surface area contributed by atoms with Crippen molar-refractivity contribution in [3.8, 4) is 0 Å². The van der Waals surface area contributed by atoms with Gasteiger partial charge in [0.2, 0.25) is 0 Å².